The number of aldehydes is 1. The summed E-state index contributed by atoms with van der Waals surface area (Å²) in [6, 6.07) is 6.44. The van der Waals surface area contributed by atoms with Gasteiger partial charge in [0.15, 0.2) is 13.1 Å². The lowest BCUT2D eigenvalue weighted by Gasteiger charge is -2.11. The van der Waals surface area contributed by atoms with E-state index in [1.807, 2.05) is 6.92 Å². The second-order valence-electron chi connectivity index (χ2n) is 4.16. The van der Waals surface area contributed by atoms with E-state index in [-0.39, 0.29) is 12.6 Å². The summed E-state index contributed by atoms with van der Waals surface area (Å²) in [7, 11) is 1.52. The van der Waals surface area contributed by atoms with Gasteiger partial charge in [0.05, 0.1) is 0 Å². The number of halogens is 1. The fourth-order valence-corrected chi connectivity index (χ4v) is 2.17. The highest BCUT2D eigenvalue weighted by molar-refractivity contribution is 6.01. The molecule has 0 aliphatic heterocycles. The van der Waals surface area contributed by atoms with Gasteiger partial charge in [-0.05, 0) is 41.0 Å². The number of ether oxygens (including phenoxy) is 2. The van der Waals surface area contributed by atoms with Gasteiger partial charge in [-0.1, -0.05) is 13.0 Å². The summed E-state index contributed by atoms with van der Waals surface area (Å²) in [5.41, 5.74) is 0.984. The third-order valence-electron chi connectivity index (χ3n) is 3.00. The molecule has 2 rings (SSSR count). The van der Waals surface area contributed by atoms with Crippen LogP contribution in [0.4, 0.5) is 4.39 Å². The third-order valence-corrected chi connectivity index (χ3v) is 3.00. The molecule has 0 saturated carbocycles. The molecule has 3 nitrogen and oxygen atoms in total. The minimum atomic E-state index is -0.288. The van der Waals surface area contributed by atoms with E-state index < -0.39 is 0 Å². The zero-order valence-electron chi connectivity index (χ0n) is 10.9. The molecule has 0 heterocycles. The van der Waals surface area contributed by atoms with Crippen LogP contribution < -0.4 is 4.74 Å². The van der Waals surface area contributed by atoms with Crippen molar-refractivity contribution < 1.29 is 18.7 Å². The summed E-state index contributed by atoms with van der Waals surface area (Å²) in [5.74, 6) is 0.244. The lowest BCUT2D eigenvalue weighted by molar-refractivity contribution is 0.0511. The number of hydrogen-bond donors (Lipinski definition) is 0. The lowest BCUT2D eigenvalue weighted by Crippen LogP contribution is -2.01. The quantitative estimate of drug-likeness (QED) is 0.612. The average Bonchev–Trinajstić information content (AvgIpc) is 2.44. The van der Waals surface area contributed by atoms with Gasteiger partial charge >= 0.3 is 0 Å². The first-order valence-electron chi connectivity index (χ1n) is 6.03. The summed E-state index contributed by atoms with van der Waals surface area (Å²) < 4.78 is 23.9. The molecule has 2 aromatic rings. The number of aryl methyl sites for hydroxylation is 1. The van der Waals surface area contributed by atoms with Crippen molar-refractivity contribution in [1.29, 1.82) is 0 Å². The average molecular weight is 262 g/mol. The van der Waals surface area contributed by atoms with E-state index in [1.165, 1.54) is 13.2 Å². The first-order valence-corrected chi connectivity index (χ1v) is 6.03. The fourth-order valence-electron chi connectivity index (χ4n) is 2.17. The number of carbonyl (C=O) groups excluding carboxylic acids is 1. The van der Waals surface area contributed by atoms with E-state index >= 15 is 0 Å². The number of carbonyl (C=O) groups is 1. The maximum absolute atomic E-state index is 13.8. The van der Waals surface area contributed by atoms with E-state index in [9.17, 15) is 9.18 Å². The van der Waals surface area contributed by atoms with Crippen LogP contribution in [0.15, 0.2) is 24.3 Å². The predicted octanol–water partition coefficient (Wildman–Crippen LogP) is 3.34. The third kappa shape index (κ3) is 2.58. The Balaban J connectivity index is 2.66. The molecule has 0 aliphatic carbocycles. The summed E-state index contributed by atoms with van der Waals surface area (Å²) in [5, 5.41) is 1.44. The maximum atomic E-state index is 13.8. The molecule has 0 spiro atoms. The van der Waals surface area contributed by atoms with Crippen molar-refractivity contribution >= 4 is 17.1 Å². The molecule has 0 amide bonds. The molecular weight excluding hydrogens is 247 g/mol. The van der Waals surface area contributed by atoms with Gasteiger partial charge in [-0.15, -0.1) is 0 Å². The Bertz CT molecular complexity index is 608. The Labute approximate surface area is 110 Å². The van der Waals surface area contributed by atoms with Crippen molar-refractivity contribution in [2.45, 2.75) is 13.3 Å². The van der Waals surface area contributed by atoms with Gasteiger partial charge in [-0.3, -0.25) is 4.79 Å². The zero-order valence-corrected chi connectivity index (χ0v) is 10.9. The molecule has 19 heavy (non-hydrogen) atoms. The minimum absolute atomic E-state index is 0.103. The number of fused-ring (bicyclic) bond motifs is 1. The van der Waals surface area contributed by atoms with Gasteiger partial charge in [0, 0.05) is 12.7 Å². The Morgan fingerprint density at radius 2 is 2.11 bits per heavy atom. The molecule has 100 valence electrons. The molecule has 0 saturated heterocycles. The number of methoxy groups -OCH3 is 1. The molecular formula is C15H15FO3. The summed E-state index contributed by atoms with van der Waals surface area (Å²) in [6.07, 6.45) is 1.25. The van der Waals surface area contributed by atoms with Gasteiger partial charge in [0.2, 0.25) is 0 Å². The number of benzene rings is 2. The van der Waals surface area contributed by atoms with Crippen LogP contribution in [0.25, 0.3) is 10.8 Å². The van der Waals surface area contributed by atoms with Crippen molar-refractivity contribution in [3.8, 4) is 5.75 Å². The van der Waals surface area contributed by atoms with Crippen molar-refractivity contribution in [3.05, 3.63) is 41.2 Å². The van der Waals surface area contributed by atoms with Gasteiger partial charge in [-0.2, -0.15) is 0 Å². The van der Waals surface area contributed by atoms with Gasteiger partial charge in [0.1, 0.15) is 11.6 Å². The van der Waals surface area contributed by atoms with Crippen molar-refractivity contribution in [1.82, 2.24) is 0 Å². The van der Waals surface area contributed by atoms with Crippen molar-refractivity contribution in [2.24, 2.45) is 0 Å². The summed E-state index contributed by atoms with van der Waals surface area (Å²) in [4.78, 5) is 11.2. The summed E-state index contributed by atoms with van der Waals surface area (Å²) >= 11 is 0. The van der Waals surface area contributed by atoms with E-state index in [1.54, 1.807) is 18.2 Å². The number of rotatable bonds is 5. The SMILES string of the molecule is CCc1c(F)ccc2cc(OCOC)cc(C=O)c12. The van der Waals surface area contributed by atoms with Crippen molar-refractivity contribution in [2.75, 3.05) is 13.9 Å². The van der Waals surface area contributed by atoms with Crippen LogP contribution in [-0.2, 0) is 11.2 Å². The van der Waals surface area contributed by atoms with Crippen LogP contribution >= 0.6 is 0 Å². The zero-order chi connectivity index (χ0) is 13.8. The molecule has 0 fully saturated rings. The van der Waals surface area contributed by atoms with Crippen LogP contribution in [0.3, 0.4) is 0 Å². The van der Waals surface area contributed by atoms with E-state index in [0.29, 0.717) is 28.7 Å². The van der Waals surface area contributed by atoms with Crippen LogP contribution in [0, 0.1) is 5.82 Å². The Hall–Kier alpha value is -1.94. The lowest BCUT2D eigenvalue weighted by atomic mass is 9.97. The van der Waals surface area contributed by atoms with E-state index in [0.717, 1.165) is 11.7 Å². The minimum Gasteiger partial charge on any atom is -0.468 e. The van der Waals surface area contributed by atoms with E-state index in [2.05, 4.69) is 0 Å². The van der Waals surface area contributed by atoms with Crippen LogP contribution in [0.5, 0.6) is 5.75 Å². The molecule has 0 bridgehead atoms. The highest BCUT2D eigenvalue weighted by atomic mass is 19.1. The molecule has 2 aromatic carbocycles. The smallest absolute Gasteiger partial charge is 0.188 e. The molecule has 4 heteroatoms. The topological polar surface area (TPSA) is 35.5 Å². The second kappa shape index (κ2) is 5.80. The summed E-state index contributed by atoms with van der Waals surface area (Å²) in [6.45, 7) is 1.97. The Morgan fingerprint density at radius 3 is 2.74 bits per heavy atom. The van der Waals surface area contributed by atoms with Crippen LogP contribution in [-0.4, -0.2) is 20.2 Å². The molecule has 0 N–H and O–H groups in total. The van der Waals surface area contributed by atoms with Crippen LogP contribution in [0.1, 0.15) is 22.8 Å². The molecule has 0 aliphatic rings. The molecule has 0 unspecified atom stereocenters. The molecule has 0 aromatic heterocycles. The Kier molecular flexibility index (Phi) is 4.12. The fraction of sp³-hybridized carbons (Fsp3) is 0.267. The molecule has 0 radical (unpaired) electrons. The largest absolute Gasteiger partial charge is 0.468 e. The maximum Gasteiger partial charge on any atom is 0.188 e. The van der Waals surface area contributed by atoms with Gasteiger partial charge < -0.3 is 9.47 Å². The van der Waals surface area contributed by atoms with Crippen molar-refractivity contribution in [3.63, 3.8) is 0 Å². The highest BCUT2D eigenvalue weighted by Crippen LogP contribution is 2.29. The van der Waals surface area contributed by atoms with Gasteiger partial charge in [-0.25, -0.2) is 4.39 Å². The number of hydrogen-bond acceptors (Lipinski definition) is 3. The first kappa shape index (κ1) is 13.5. The standard InChI is InChI=1S/C15H15FO3/c1-3-13-14(16)5-4-10-6-12(19-9-18-2)7-11(8-17)15(10)13/h4-8H,3,9H2,1-2H3. The highest BCUT2D eigenvalue weighted by Gasteiger charge is 2.12. The van der Waals surface area contributed by atoms with Crippen LogP contribution in [0.2, 0.25) is 0 Å². The molecule has 0 atom stereocenters. The first-order chi connectivity index (χ1) is 9.21. The van der Waals surface area contributed by atoms with Gasteiger partial charge in [0.25, 0.3) is 0 Å². The predicted molar refractivity (Wildman–Crippen MR) is 71.2 cm³/mol. The van der Waals surface area contributed by atoms with E-state index in [4.69, 9.17) is 9.47 Å². The monoisotopic (exact) mass is 262 g/mol. The Morgan fingerprint density at radius 1 is 1.32 bits per heavy atom. The normalized spacial score (nSPS) is 10.7. The second-order valence-corrected chi connectivity index (χ2v) is 4.16.